The molecule has 0 saturated carbocycles. The van der Waals surface area contributed by atoms with Crippen molar-refractivity contribution in [1.82, 2.24) is 4.90 Å². The molecule has 1 heterocycles. The summed E-state index contributed by atoms with van der Waals surface area (Å²) < 4.78 is 39.6. The van der Waals surface area contributed by atoms with Crippen molar-refractivity contribution in [3.05, 3.63) is 83.4 Å². The third kappa shape index (κ3) is 4.72. The van der Waals surface area contributed by atoms with Crippen molar-refractivity contribution in [2.24, 2.45) is 0 Å². The van der Waals surface area contributed by atoms with Crippen LogP contribution >= 0.6 is 0 Å². The van der Waals surface area contributed by atoms with Gasteiger partial charge in [0.15, 0.2) is 0 Å². The first-order valence-corrected chi connectivity index (χ1v) is 12.4. The second-order valence-electron chi connectivity index (χ2n) is 8.20. The average Bonchev–Trinajstić information content (AvgIpc) is 2.86. The number of carbonyl (C=O) groups is 1. The Bertz CT molecular complexity index is 1310. The number of hydrogen-bond acceptors (Lipinski definition) is 5. The van der Waals surface area contributed by atoms with Crippen LogP contribution in [-0.4, -0.2) is 46.5 Å². The van der Waals surface area contributed by atoms with E-state index in [-0.39, 0.29) is 23.1 Å². The smallest absolute Gasteiger partial charge is 0.268 e. The number of hydrogen-bond donors (Lipinski definition) is 0. The number of aryl methyl sites for hydroxylation is 1. The van der Waals surface area contributed by atoms with E-state index in [4.69, 9.17) is 9.47 Å². The molecule has 3 aromatic carbocycles. The first kappa shape index (κ1) is 23.6. The molecular weight excluding hydrogens is 452 g/mol. The Morgan fingerprint density at radius 1 is 0.971 bits per heavy atom. The quantitative estimate of drug-likeness (QED) is 0.514. The molecule has 1 aliphatic heterocycles. The highest BCUT2D eigenvalue weighted by Crippen LogP contribution is 2.32. The second-order valence-corrected chi connectivity index (χ2v) is 10.0. The number of rotatable bonds is 7. The summed E-state index contributed by atoms with van der Waals surface area (Å²) in [5.41, 5.74) is 3.41. The van der Waals surface area contributed by atoms with Crippen molar-refractivity contribution in [2.75, 3.05) is 31.6 Å². The van der Waals surface area contributed by atoms with E-state index in [2.05, 4.69) is 6.07 Å². The Morgan fingerprint density at radius 2 is 1.74 bits per heavy atom. The Balaban J connectivity index is 1.72. The van der Waals surface area contributed by atoms with Gasteiger partial charge in [-0.15, -0.1) is 0 Å². The van der Waals surface area contributed by atoms with E-state index in [1.165, 1.54) is 19.8 Å². The second kappa shape index (κ2) is 9.77. The standard InChI is InChI=1S/C26H28N2O5S/c1-19-11-12-24(33-3)25(15-19)34(30,31)28(22-9-6-10-23(16-22)32-2)18-26(29)27-14-13-20-7-4-5-8-21(20)17-27/h4-12,15-16H,13-14,17-18H2,1-3H3. The molecule has 0 bridgehead atoms. The molecule has 0 atom stereocenters. The minimum absolute atomic E-state index is 0.00890. The molecule has 0 fully saturated rings. The molecule has 4 rings (SSSR count). The monoisotopic (exact) mass is 480 g/mol. The normalized spacial score (nSPS) is 13.2. The van der Waals surface area contributed by atoms with Gasteiger partial charge in [0.25, 0.3) is 10.0 Å². The molecule has 34 heavy (non-hydrogen) atoms. The van der Waals surface area contributed by atoms with Gasteiger partial charge in [-0.2, -0.15) is 0 Å². The lowest BCUT2D eigenvalue weighted by Crippen LogP contribution is -2.44. The maximum absolute atomic E-state index is 13.9. The maximum Gasteiger partial charge on any atom is 0.268 e. The van der Waals surface area contributed by atoms with Crippen molar-refractivity contribution in [1.29, 1.82) is 0 Å². The van der Waals surface area contributed by atoms with Crippen LogP contribution in [0.5, 0.6) is 11.5 Å². The predicted molar refractivity (Wildman–Crippen MR) is 131 cm³/mol. The number of anilines is 1. The van der Waals surface area contributed by atoms with E-state index in [1.54, 1.807) is 47.4 Å². The van der Waals surface area contributed by atoms with Crippen molar-refractivity contribution in [3.8, 4) is 11.5 Å². The summed E-state index contributed by atoms with van der Waals surface area (Å²) in [6.07, 6.45) is 0.736. The van der Waals surface area contributed by atoms with Crippen molar-refractivity contribution in [2.45, 2.75) is 24.8 Å². The first-order chi connectivity index (χ1) is 16.3. The van der Waals surface area contributed by atoms with Crippen LogP contribution in [0.2, 0.25) is 0 Å². The minimum atomic E-state index is -4.13. The van der Waals surface area contributed by atoms with E-state index in [9.17, 15) is 13.2 Å². The maximum atomic E-state index is 13.9. The summed E-state index contributed by atoms with van der Waals surface area (Å²) in [5.74, 6) is 0.443. The average molecular weight is 481 g/mol. The van der Waals surface area contributed by atoms with Gasteiger partial charge in [-0.25, -0.2) is 8.42 Å². The molecule has 0 N–H and O–H groups in total. The molecule has 0 radical (unpaired) electrons. The number of sulfonamides is 1. The van der Waals surface area contributed by atoms with Gasteiger partial charge in [0.05, 0.1) is 19.9 Å². The number of ether oxygens (including phenoxy) is 2. The predicted octanol–water partition coefficient (Wildman–Crippen LogP) is 3.79. The number of amides is 1. The van der Waals surface area contributed by atoms with Crippen LogP contribution in [0.4, 0.5) is 5.69 Å². The van der Waals surface area contributed by atoms with E-state index in [0.29, 0.717) is 24.5 Å². The summed E-state index contributed by atoms with van der Waals surface area (Å²) in [6, 6.07) is 19.7. The van der Waals surface area contributed by atoms with Gasteiger partial charge in [0, 0.05) is 19.2 Å². The summed E-state index contributed by atoms with van der Waals surface area (Å²) in [4.78, 5) is 15.1. The fourth-order valence-electron chi connectivity index (χ4n) is 4.12. The third-order valence-electron chi connectivity index (χ3n) is 5.99. The van der Waals surface area contributed by atoms with Gasteiger partial charge >= 0.3 is 0 Å². The topological polar surface area (TPSA) is 76.2 Å². The van der Waals surface area contributed by atoms with Crippen molar-refractivity contribution in [3.63, 3.8) is 0 Å². The Kier molecular flexibility index (Phi) is 6.79. The van der Waals surface area contributed by atoms with Crippen LogP contribution in [0, 0.1) is 6.92 Å². The molecule has 0 aromatic heterocycles. The van der Waals surface area contributed by atoms with Crippen LogP contribution in [0.3, 0.4) is 0 Å². The molecule has 1 amide bonds. The SMILES string of the molecule is COc1cccc(N(CC(=O)N2CCc3ccccc3C2)S(=O)(=O)c2cc(C)ccc2OC)c1. The molecule has 178 valence electrons. The zero-order chi connectivity index (χ0) is 24.3. The molecule has 3 aromatic rings. The first-order valence-electron chi connectivity index (χ1n) is 11.0. The lowest BCUT2D eigenvalue weighted by molar-refractivity contribution is -0.130. The number of methoxy groups -OCH3 is 2. The number of carbonyl (C=O) groups excluding carboxylic acids is 1. The third-order valence-corrected chi connectivity index (χ3v) is 7.79. The summed E-state index contributed by atoms with van der Waals surface area (Å²) in [5, 5.41) is 0. The van der Waals surface area contributed by atoms with Crippen molar-refractivity contribution >= 4 is 21.6 Å². The number of fused-ring (bicyclic) bond motifs is 1. The van der Waals surface area contributed by atoms with Crippen LogP contribution in [0.25, 0.3) is 0 Å². The molecule has 0 unspecified atom stereocenters. The molecule has 7 nitrogen and oxygen atoms in total. The largest absolute Gasteiger partial charge is 0.497 e. The van der Waals surface area contributed by atoms with E-state index < -0.39 is 10.0 Å². The Morgan fingerprint density at radius 3 is 2.47 bits per heavy atom. The minimum Gasteiger partial charge on any atom is -0.497 e. The molecule has 0 aliphatic carbocycles. The fourth-order valence-corrected chi connectivity index (χ4v) is 5.77. The van der Waals surface area contributed by atoms with Gasteiger partial charge < -0.3 is 14.4 Å². The molecule has 1 aliphatic rings. The molecule has 8 heteroatoms. The summed E-state index contributed by atoms with van der Waals surface area (Å²) in [7, 11) is -1.20. The van der Waals surface area contributed by atoms with E-state index in [1.807, 2.05) is 25.1 Å². The summed E-state index contributed by atoms with van der Waals surface area (Å²) >= 11 is 0. The van der Waals surface area contributed by atoms with Crippen LogP contribution in [0.15, 0.2) is 71.6 Å². The molecular formula is C26H28N2O5S. The van der Waals surface area contributed by atoms with E-state index >= 15 is 0 Å². The van der Waals surface area contributed by atoms with Crippen LogP contribution in [-0.2, 0) is 27.8 Å². The lowest BCUT2D eigenvalue weighted by atomic mass is 10.00. The zero-order valence-corrected chi connectivity index (χ0v) is 20.3. The van der Waals surface area contributed by atoms with Gasteiger partial charge in [-0.1, -0.05) is 36.4 Å². The fraction of sp³-hybridized carbons (Fsp3) is 0.269. The van der Waals surface area contributed by atoms with E-state index in [0.717, 1.165) is 21.9 Å². The van der Waals surface area contributed by atoms with Gasteiger partial charge in [0.2, 0.25) is 5.91 Å². The van der Waals surface area contributed by atoms with Gasteiger partial charge in [-0.3, -0.25) is 9.10 Å². The zero-order valence-electron chi connectivity index (χ0n) is 19.5. The Hall–Kier alpha value is -3.52. The van der Waals surface area contributed by atoms with Gasteiger partial charge in [0.1, 0.15) is 22.9 Å². The molecule has 0 saturated heterocycles. The summed E-state index contributed by atoms with van der Waals surface area (Å²) in [6.45, 7) is 2.46. The van der Waals surface area contributed by atoms with Gasteiger partial charge in [-0.05, 0) is 54.3 Å². The number of benzene rings is 3. The molecule has 0 spiro atoms. The highest BCUT2D eigenvalue weighted by molar-refractivity contribution is 7.93. The lowest BCUT2D eigenvalue weighted by Gasteiger charge is -2.32. The highest BCUT2D eigenvalue weighted by atomic mass is 32.2. The van der Waals surface area contributed by atoms with Crippen LogP contribution in [0.1, 0.15) is 16.7 Å². The highest BCUT2D eigenvalue weighted by Gasteiger charge is 2.32. The van der Waals surface area contributed by atoms with Crippen molar-refractivity contribution < 1.29 is 22.7 Å². The Labute approximate surface area is 200 Å². The van der Waals surface area contributed by atoms with Crippen LogP contribution < -0.4 is 13.8 Å². The number of nitrogens with zero attached hydrogens (tertiary/aromatic N) is 2.